The van der Waals surface area contributed by atoms with Gasteiger partial charge in [-0.25, -0.2) is 0 Å². The summed E-state index contributed by atoms with van der Waals surface area (Å²) in [6, 6.07) is 25.3. The largest absolute Gasteiger partial charge is 0.474 e. The molecule has 3 rings (SSSR count). The van der Waals surface area contributed by atoms with Gasteiger partial charge in [0.25, 0.3) is 0 Å². The van der Waals surface area contributed by atoms with E-state index in [1.54, 1.807) is 26.1 Å². The van der Waals surface area contributed by atoms with Crippen molar-refractivity contribution in [3.63, 3.8) is 0 Å². The lowest BCUT2D eigenvalue weighted by Crippen LogP contribution is -2.51. The van der Waals surface area contributed by atoms with E-state index in [1.165, 1.54) is 0 Å². The summed E-state index contributed by atoms with van der Waals surface area (Å²) in [5, 5.41) is 2.82. The number of ether oxygens (including phenoxy) is 2. The van der Waals surface area contributed by atoms with Crippen LogP contribution in [0.2, 0.25) is 0 Å². The zero-order chi connectivity index (χ0) is 26.9. The number of benzene rings is 3. The van der Waals surface area contributed by atoms with E-state index in [0.29, 0.717) is 17.1 Å². The Morgan fingerprint density at radius 2 is 1.35 bits per heavy atom. The third-order valence-corrected chi connectivity index (χ3v) is 5.68. The molecule has 1 atom stereocenters. The Morgan fingerprint density at radius 1 is 0.838 bits per heavy atom. The van der Waals surface area contributed by atoms with E-state index in [2.05, 4.69) is 35.7 Å². The van der Waals surface area contributed by atoms with Crippen LogP contribution in [-0.2, 0) is 11.4 Å². The second-order valence-electron chi connectivity index (χ2n) is 8.51. The van der Waals surface area contributed by atoms with E-state index in [4.69, 9.17) is 20.9 Å². The summed E-state index contributed by atoms with van der Waals surface area (Å²) in [5.41, 5.74) is 15.9. The Hall–Kier alpha value is -4.42. The molecule has 0 bridgehead atoms. The van der Waals surface area contributed by atoms with Crippen molar-refractivity contribution in [2.75, 3.05) is 7.05 Å². The van der Waals surface area contributed by atoms with Gasteiger partial charge in [-0.2, -0.15) is 0 Å². The summed E-state index contributed by atoms with van der Waals surface area (Å²) in [6.45, 7) is 9.91. The van der Waals surface area contributed by atoms with E-state index in [9.17, 15) is 0 Å². The van der Waals surface area contributed by atoms with Crippen LogP contribution < -0.4 is 26.3 Å². The van der Waals surface area contributed by atoms with Crippen LogP contribution in [0.1, 0.15) is 43.0 Å². The zero-order valence-corrected chi connectivity index (χ0v) is 21.8. The van der Waals surface area contributed by atoms with Crippen molar-refractivity contribution in [1.82, 2.24) is 5.32 Å². The van der Waals surface area contributed by atoms with Crippen molar-refractivity contribution < 1.29 is 9.47 Å². The molecule has 3 aromatic rings. The fourth-order valence-electron chi connectivity index (χ4n) is 3.81. The predicted molar refractivity (Wildman–Crippen MR) is 150 cm³/mol. The van der Waals surface area contributed by atoms with Crippen LogP contribution >= 0.6 is 0 Å². The minimum absolute atomic E-state index is 0.509. The molecule has 0 heterocycles. The third-order valence-electron chi connectivity index (χ3n) is 5.68. The monoisotopic (exact) mass is 491 g/mol. The molecule has 5 nitrogen and oxygen atoms in total. The fraction of sp³-hybridized carbons (Fsp3) is 0.188. The molecule has 0 spiro atoms. The highest BCUT2D eigenvalue weighted by atomic mass is 16.5. The molecule has 37 heavy (non-hydrogen) atoms. The van der Waals surface area contributed by atoms with Crippen molar-refractivity contribution >= 4 is 0 Å². The number of nitrogens with one attached hydrogen (secondary N) is 1. The number of allylic oxidation sites excluding steroid dienone is 1. The normalized spacial score (nSPS) is 12.4. The molecule has 0 saturated carbocycles. The Bertz CT molecular complexity index is 1360. The Morgan fingerprint density at radius 3 is 1.84 bits per heavy atom. The molecule has 0 radical (unpaired) electrons. The van der Waals surface area contributed by atoms with Gasteiger partial charge in [-0.05, 0) is 86.9 Å². The van der Waals surface area contributed by atoms with Crippen LogP contribution in [0.4, 0.5) is 0 Å². The molecule has 0 fully saturated rings. The molecule has 3 aromatic carbocycles. The smallest absolute Gasteiger partial charge is 0.239 e. The second kappa shape index (κ2) is 12.0. The van der Waals surface area contributed by atoms with Gasteiger partial charge in [-0.15, -0.1) is 5.92 Å². The number of nitrogens with two attached hydrogens (primary N) is 2. The van der Waals surface area contributed by atoms with E-state index >= 15 is 0 Å². The van der Waals surface area contributed by atoms with Gasteiger partial charge in [0, 0.05) is 35.3 Å². The lowest BCUT2D eigenvalue weighted by atomic mass is 9.86. The van der Waals surface area contributed by atoms with Gasteiger partial charge in [0.2, 0.25) is 5.85 Å². The van der Waals surface area contributed by atoms with Crippen LogP contribution in [0.5, 0.6) is 11.5 Å². The van der Waals surface area contributed by atoms with Crippen molar-refractivity contribution in [3.05, 3.63) is 119 Å². The van der Waals surface area contributed by atoms with Gasteiger partial charge in [-0.3, -0.25) is 11.5 Å². The van der Waals surface area contributed by atoms with Gasteiger partial charge in [-0.1, -0.05) is 42.8 Å². The van der Waals surface area contributed by atoms with Crippen molar-refractivity contribution in [3.8, 4) is 35.3 Å². The van der Waals surface area contributed by atoms with E-state index in [-0.39, 0.29) is 0 Å². The first-order chi connectivity index (χ1) is 17.7. The second-order valence-corrected chi connectivity index (χ2v) is 8.51. The summed E-state index contributed by atoms with van der Waals surface area (Å²) in [5.74, 6) is 8.54. The summed E-state index contributed by atoms with van der Waals surface area (Å²) < 4.78 is 12.5. The quantitative estimate of drug-likeness (QED) is 0.176. The summed E-state index contributed by atoms with van der Waals surface area (Å²) in [4.78, 5) is 0. The van der Waals surface area contributed by atoms with Crippen LogP contribution in [0.15, 0.2) is 97.1 Å². The Balaban J connectivity index is 1.84. The molecule has 5 heteroatoms. The SMILES string of the molecule is C=C(C)C(/C=C/C)(Oc1ccc(OC(N)(N)c2ccc(C#CC)cc2)cc1)c1ccc(C#CNC)cc1. The topological polar surface area (TPSA) is 82.5 Å². The summed E-state index contributed by atoms with van der Waals surface area (Å²) >= 11 is 0. The molecule has 0 aliphatic carbocycles. The van der Waals surface area contributed by atoms with Crippen LogP contribution in [0.25, 0.3) is 0 Å². The highest BCUT2D eigenvalue weighted by molar-refractivity contribution is 5.45. The fourth-order valence-corrected chi connectivity index (χ4v) is 3.81. The predicted octanol–water partition coefficient (Wildman–Crippen LogP) is 5.12. The van der Waals surface area contributed by atoms with Gasteiger partial charge >= 0.3 is 0 Å². The molecular weight excluding hydrogens is 458 g/mol. The van der Waals surface area contributed by atoms with Crippen molar-refractivity contribution in [2.45, 2.75) is 32.2 Å². The zero-order valence-electron chi connectivity index (χ0n) is 21.8. The molecular formula is C32H33N3O2. The van der Waals surface area contributed by atoms with Crippen LogP contribution in [0.3, 0.4) is 0 Å². The van der Waals surface area contributed by atoms with E-state index in [0.717, 1.165) is 22.3 Å². The van der Waals surface area contributed by atoms with E-state index in [1.807, 2.05) is 86.7 Å². The van der Waals surface area contributed by atoms with Gasteiger partial charge in [0.1, 0.15) is 11.5 Å². The average Bonchev–Trinajstić information content (AvgIpc) is 2.89. The summed E-state index contributed by atoms with van der Waals surface area (Å²) in [6.07, 6.45) is 3.95. The van der Waals surface area contributed by atoms with Crippen molar-refractivity contribution in [2.24, 2.45) is 11.5 Å². The molecule has 0 aliphatic heterocycles. The minimum Gasteiger partial charge on any atom is -0.474 e. The first kappa shape index (κ1) is 27.2. The molecule has 0 aromatic heterocycles. The molecule has 1 unspecified atom stereocenters. The maximum Gasteiger partial charge on any atom is 0.239 e. The van der Waals surface area contributed by atoms with Gasteiger partial charge in [0.15, 0.2) is 5.60 Å². The number of hydrogen-bond donors (Lipinski definition) is 3. The molecule has 5 N–H and O–H groups in total. The molecule has 0 aliphatic rings. The van der Waals surface area contributed by atoms with Gasteiger partial charge < -0.3 is 14.8 Å². The summed E-state index contributed by atoms with van der Waals surface area (Å²) in [7, 11) is 1.78. The Kier molecular flexibility index (Phi) is 8.82. The van der Waals surface area contributed by atoms with Gasteiger partial charge in [0.05, 0.1) is 0 Å². The average molecular weight is 492 g/mol. The first-order valence-electron chi connectivity index (χ1n) is 11.9. The lowest BCUT2D eigenvalue weighted by molar-refractivity contribution is 0.0804. The highest BCUT2D eigenvalue weighted by Crippen LogP contribution is 2.37. The lowest BCUT2D eigenvalue weighted by Gasteiger charge is -2.33. The minimum atomic E-state index is -1.51. The van der Waals surface area contributed by atoms with Crippen LogP contribution in [-0.4, -0.2) is 7.05 Å². The maximum atomic E-state index is 6.55. The van der Waals surface area contributed by atoms with Crippen molar-refractivity contribution in [1.29, 1.82) is 0 Å². The Labute approximate surface area is 220 Å². The number of rotatable bonds is 8. The molecule has 188 valence electrons. The number of hydrogen-bond acceptors (Lipinski definition) is 5. The maximum absolute atomic E-state index is 6.55. The van der Waals surface area contributed by atoms with E-state index < -0.39 is 11.4 Å². The highest BCUT2D eigenvalue weighted by Gasteiger charge is 2.33. The standard InChI is InChI=1S/C32H33N3O2/c1-6-8-25-11-15-28(16-12-25)32(33,34)37-30-19-17-29(18-20-30)36-31(22-7-2,24(3)4)27-13-9-26(10-14-27)21-23-35-5/h7,9-20,22,35H,3,33-34H2,1-2,4-5H3/b22-7+. The molecule has 0 amide bonds. The molecule has 0 saturated heterocycles. The first-order valence-corrected chi connectivity index (χ1v) is 11.9. The third kappa shape index (κ3) is 6.63. The van der Waals surface area contributed by atoms with Crippen LogP contribution in [0, 0.1) is 23.8 Å².